The van der Waals surface area contributed by atoms with E-state index in [1.54, 1.807) is 30.3 Å². The van der Waals surface area contributed by atoms with E-state index in [2.05, 4.69) is 11.9 Å². The zero-order valence-corrected chi connectivity index (χ0v) is 9.75. The lowest BCUT2D eigenvalue weighted by Gasteiger charge is -2.07. The normalized spacial score (nSPS) is 10.6. The lowest BCUT2D eigenvalue weighted by atomic mass is 10.3. The molecule has 0 aliphatic carbocycles. The molecule has 0 aliphatic heterocycles. The minimum atomic E-state index is -0.806. The van der Waals surface area contributed by atoms with Crippen LogP contribution in [0.25, 0.3) is 0 Å². The fourth-order valence-electron chi connectivity index (χ4n) is 1.11. The summed E-state index contributed by atoms with van der Waals surface area (Å²) >= 11 is 0. The number of hydrogen-bond donors (Lipinski definition) is 1. The summed E-state index contributed by atoms with van der Waals surface area (Å²) in [4.78, 5) is 21.3. The Morgan fingerprint density at radius 1 is 1.44 bits per heavy atom. The van der Waals surface area contributed by atoms with Gasteiger partial charge in [-0.1, -0.05) is 18.2 Å². The SMILES string of the molecule is C=C(O/C(=C\C)C(=O)Nc1ccccc1)[N+](=O)[O-]. The van der Waals surface area contributed by atoms with E-state index in [9.17, 15) is 14.9 Å². The third-order valence-corrected chi connectivity index (χ3v) is 1.95. The van der Waals surface area contributed by atoms with Crippen LogP contribution in [-0.4, -0.2) is 10.8 Å². The zero-order chi connectivity index (χ0) is 13.5. The van der Waals surface area contributed by atoms with E-state index in [0.29, 0.717) is 5.69 Å². The second-order valence-corrected chi connectivity index (χ2v) is 3.23. The first-order valence-corrected chi connectivity index (χ1v) is 5.08. The maximum absolute atomic E-state index is 11.7. The first kappa shape index (κ1) is 13.4. The molecule has 0 saturated carbocycles. The van der Waals surface area contributed by atoms with E-state index in [-0.39, 0.29) is 5.76 Å². The van der Waals surface area contributed by atoms with E-state index >= 15 is 0 Å². The molecule has 1 aromatic rings. The standard InChI is InChI=1S/C12H12N2O4/c1-3-11(18-9(2)14(16)17)12(15)13-10-7-5-4-6-8-10/h3-8H,2H2,1H3,(H,13,15)/b11-3-. The van der Waals surface area contributed by atoms with Gasteiger partial charge in [0, 0.05) is 12.3 Å². The molecule has 1 N–H and O–H groups in total. The van der Waals surface area contributed by atoms with Crippen LogP contribution in [0.3, 0.4) is 0 Å². The number of para-hydroxylation sites is 1. The third kappa shape index (κ3) is 3.75. The van der Waals surface area contributed by atoms with Crippen LogP contribution in [0.5, 0.6) is 0 Å². The molecule has 0 saturated heterocycles. The van der Waals surface area contributed by atoms with Crippen molar-refractivity contribution in [3.63, 3.8) is 0 Å². The summed E-state index contributed by atoms with van der Waals surface area (Å²) in [5.41, 5.74) is 0.567. The molecule has 0 fully saturated rings. The highest BCUT2D eigenvalue weighted by Crippen LogP contribution is 2.10. The van der Waals surface area contributed by atoms with Crippen molar-refractivity contribution >= 4 is 11.6 Å². The summed E-state index contributed by atoms with van der Waals surface area (Å²) < 4.78 is 4.75. The molecule has 0 heterocycles. The largest absolute Gasteiger partial charge is 0.426 e. The Labute approximate surface area is 104 Å². The van der Waals surface area contributed by atoms with Gasteiger partial charge in [-0.15, -0.1) is 0 Å². The molecule has 0 atom stereocenters. The Morgan fingerprint density at radius 2 is 2.06 bits per heavy atom. The van der Waals surface area contributed by atoms with Gasteiger partial charge in [-0.3, -0.25) is 14.9 Å². The molecule has 94 valence electrons. The third-order valence-electron chi connectivity index (χ3n) is 1.95. The van der Waals surface area contributed by atoms with E-state index in [1.165, 1.54) is 13.0 Å². The van der Waals surface area contributed by atoms with Crippen LogP contribution in [-0.2, 0) is 9.53 Å². The van der Waals surface area contributed by atoms with Gasteiger partial charge in [0.1, 0.15) is 4.92 Å². The average Bonchev–Trinajstić information content (AvgIpc) is 2.36. The number of hydrogen-bond acceptors (Lipinski definition) is 4. The van der Waals surface area contributed by atoms with E-state index in [4.69, 9.17) is 4.74 Å². The summed E-state index contributed by atoms with van der Waals surface area (Å²) in [6, 6.07) is 8.68. The molecule has 0 bridgehead atoms. The summed E-state index contributed by atoms with van der Waals surface area (Å²) in [5.74, 6) is -1.46. The number of nitro groups is 1. The molecule has 1 aromatic carbocycles. The van der Waals surface area contributed by atoms with Crippen molar-refractivity contribution in [2.24, 2.45) is 0 Å². The van der Waals surface area contributed by atoms with Gasteiger partial charge in [0.25, 0.3) is 5.91 Å². The van der Waals surface area contributed by atoms with Crippen LogP contribution in [0.4, 0.5) is 5.69 Å². The fourth-order valence-corrected chi connectivity index (χ4v) is 1.11. The van der Waals surface area contributed by atoms with E-state index in [1.807, 2.05) is 0 Å². The average molecular weight is 248 g/mol. The number of rotatable bonds is 5. The van der Waals surface area contributed by atoms with Gasteiger partial charge < -0.3 is 10.1 Å². The second-order valence-electron chi connectivity index (χ2n) is 3.23. The highest BCUT2D eigenvalue weighted by molar-refractivity contribution is 6.02. The van der Waals surface area contributed by atoms with Crippen LogP contribution in [0.2, 0.25) is 0 Å². The van der Waals surface area contributed by atoms with Crippen molar-refractivity contribution in [3.05, 3.63) is 64.7 Å². The molecule has 6 nitrogen and oxygen atoms in total. The van der Waals surface area contributed by atoms with Crippen molar-refractivity contribution in [2.45, 2.75) is 6.92 Å². The van der Waals surface area contributed by atoms with E-state index in [0.717, 1.165) is 0 Å². The summed E-state index contributed by atoms with van der Waals surface area (Å²) in [7, 11) is 0. The van der Waals surface area contributed by atoms with Gasteiger partial charge in [-0.25, -0.2) is 0 Å². The van der Waals surface area contributed by atoms with Crippen LogP contribution < -0.4 is 5.32 Å². The molecule has 18 heavy (non-hydrogen) atoms. The lowest BCUT2D eigenvalue weighted by molar-refractivity contribution is -0.458. The second kappa shape index (κ2) is 6.19. The number of amides is 1. The fraction of sp³-hybridized carbons (Fsp3) is 0.0833. The number of nitrogens with zero attached hydrogens (tertiary/aromatic N) is 1. The topological polar surface area (TPSA) is 81.5 Å². The number of nitrogens with one attached hydrogen (secondary N) is 1. The van der Waals surface area contributed by atoms with Crippen LogP contribution in [0.1, 0.15) is 6.92 Å². The molecule has 0 radical (unpaired) electrons. The van der Waals surface area contributed by atoms with E-state index < -0.39 is 16.7 Å². The van der Waals surface area contributed by atoms with Crippen molar-refractivity contribution in [1.82, 2.24) is 0 Å². The maximum Gasteiger partial charge on any atom is 0.426 e. The van der Waals surface area contributed by atoms with Crippen LogP contribution in [0, 0.1) is 10.1 Å². The highest BCUT2D eigenvalue weighted by atomic mass is 16.7. The minimum absolute atomic E-state index is 0.180. The molecule has 6 heteroatoms. The number of benzene rings is 1. The molecule has 0 unspecified atom stereocenters. The van der Waals surface area contributed by atoms with Crippen molar-refractivity contribution in [3.8, 4) is 0 Å². The number of carbonyl (C=O) groups is 1. The zero-order valence-electron chi connectivity index (χ0n) is 9.75. The molecular weight excluding hydrogens is 236 g/mol. The molecule has 0 spiro atoms. The van der Waals surface area contributed by atoms with Crippen LogP contribution >= 0.6 is 0 Å². The minimum Gasteiger partial charge on any atom is -0.396 e. The van der Waals surface area contributed by atoms with Gasteiger partial charge in [-0.2, -0.15) is 0 Å². The molecule has 0 aromatic heterocycles. The molecule has 1 rings (SSSR count). The van der Waals surface area contributed by atoms with Crippen LogP contribution in [0.15, 0.2) is 54.6 Å². The Morgan fingerprint density at radius 3 is 2.56 bits per heavy atom. The quantitative estimate of drug-likeness (QED) is 0.375. The lowest BCUT2D eigenvalue weighted by Crippen LogP contribution is -2.17. The van der Waals surface area contributed by atoms with Gasteiger partial charge in [-0.05, 0) is 25.1 Å². The Kier molecular flexibility index (Phi) is 4.62. The predicted molar refractivity (Wildman–Crippen MR) is 66.0 cm³/mol. The molecule has 1 amide bonds. The number of carbonyl (C=O) groups excluding carboxylic acids is 1. The van der Waals surface area contributed by atoms with Crippen molar-refractivity contribution < 1.29 is 14.5 Å². The first-order chi connectivity index (χ1) is 8.54. The van der Waals surface area contributed by atoms with Crippen molar-refractivity contribution in [1.29, 1.82) is 0 Å². The Hall–Kier alpha value is -2.63. The van der Waals surface area contributed by atoms with Gasteiger partial charge in [0.2, 0.25) is 0 Å². The number of allylic oxidation sites excluding steroid dienone is 1. The number of ether oxygens (including phenoxy) is 1. The Balaban J connectivity index is 2.70. The molecule has 0 aliphatic rings. The first-order valence-electron chi connectivity index (χ1n) is 5.08. The number of anilines is 1. The van der Waals surface area contributed by atoms with Crippen molar-refractivity contribution in [2.75, 3.05) is 5.32 Å². The summed E-state index contributed by atoms with van der Waals surface area (Å²) in [6.07, 6.45) is 1.33. The Bertz CT molecular complexity index is 494. The highest BCUT2D eigenvalue weighted by Gasteiger charge is 2.17. The summed E-state index contributed by atoms with van der Waals surface area (Å²) in [5, 5.41) is 12.9. The predicted octanol–water partition coefficient (Wildman–Crippen LogP) is 2.29. The van der Waals surface area contributed by atoms with Gasteiger partial charge in [0.15, 0.2) is 5.76 Å². The summed E-state index contributed by atoms with van der Waals surface area (Å²) in [6.45, 7) is 4.62. The maximum atomic E-state index is 11.7. The smallest absolute Gasteiger partial charge is 0.396 e. The van der Waals surface area contributed by atoms with Gasteiger partial charge >= 0.3 is 5.88 Å². The monoisotopic (exact) mass is 248 g/mol. The molecular formula is C12H12N2O4. The van der Waals surface area contributed by atoms with Gasteiger partial charge in [0.05, 0.1) is 0 Å².